The number of nitrogens with zero attached hydrogens (tertiary/aromatic N) is 1. The van der Waals surface area contributed by atoms with Crippen molar-refractivity contribution in [2.75, 3.05) is 10.0 Å². The molecule has 0 saturated carbocycles. The van der Waals surface area contributed by atoms with Crippen molar-refractivity contribution in [1.82, 2.24) is 5.16 Å². The molecule has 2 N–H and O–H groups in total. The summed E-state index contributed by atoms with van der Waals surface area (Å²) in [4.78, 5) is 11.3. The van der Waals surface area contributed by atoms with Crippen molar-refractivity contribution in [2.45, 2.75) is 18.0 Å². The summed E-state index contributed by atoms with van der Waals surface area (Å²) in [7, 11) is -4.53. The lowest BCUT2D eigenvalue weighted by molar-refractivity contribution is -0.139. The van der Waals surface area contributed by atoms with E-state index in [2.05, 4.69) is 15.2 Å². The van der Waals surface area contributed by atoms with Crippen molar-refractivity contribution in [1.29, 1.82) is 0 Å². The zero-order chi connectivity index (χ0) is 21.2. The van der Waals surface area contributed by atoms with Crippen LogP contribution in [0.2, 0.25) is 0 Å². The summed E-state index contributed by atoms with van der Waals surface area (Å²) in [6, 6.07) is 9.39. The first kappa shape index (κ1) is 20.4. The molecular formula is C18H14F3N3O4S. The number of amides is 1. The van der Waals surface area contributed by atoms with E-state index in [4.69, 9.17) is 4.52 Å². The van der Waals surface area contributed by atoms with E-state index < -0.39 is 32.6 Å². The first-order valence-electron chi connectivity index (χ1n) is 8.09. The molecule has 3 aromatic rings. The monoisotopic (exact) mass is 425 g/mol. The largest absolute Gasteiger partial charge is 0.417 e. The van der Waals surface area contributed by atoms with E-state index in [1.54, 1.807) is 6.92 Å². The maximum absolute atomic E-state index is 13.1. The molecule has 3 rings (SSSR count). The Hall–Kier alpha value is -3.34. The minimum Gasteiger partial charge on any atom is -0.361 e. The van der Waals surface area contributed by atoms with Crippen LogP contribution in [0.1, 0.15) is 21.7 Å². The standard InChI is InChI=1S/C18H14F3N3O4S/c1-11-14(10-22-28-11)17(25)23-12-5-4-6-13(9-12)24-29(26,27)16-8-3-2-7-15(16)18(19,20)21/h2-10,24H,1H3,(H,23,25). The second-order valence-corrected chi connectivity index (χ2v) is 7.58. The number of halogens is 3. The highest BCUT2D eigenvalue weighted by Gasteiger charge is 2.36. The number of carbonyl (C=O) groups excluding carboxylic acids is 1. The Labute approximate surface area is 163 Å². The number of carbonyl (C=O) groups is 1. The van der Waals surface area contributed by atoms with Crippen LogP contribution in [0, 0.1) is 6.92 Å². The van der Waals surface area contributed by atoms with Crippen molar-refractivity contribution >= 4 is 27.3 Å². The molecule has 0 fully saturated rings. The highest BCUT2D eigenvalue weighted by Crippen LogP contribution is 2.34. The Morgan fingerprint density at radius 2 is 1.76 bits per heavy atom. The molecule has 152 valence electrons. The predicted octanol–water partition coefficient (Wildman–Crippen LogP) is 4.05. The number of alkyl halides is 3. The highest BCUT2D eigenvalue weighted by molar-refractivity contribution is 7.92. The van der Waals surface area contributed by atoms with Crippen LogP contribution < -0.4 is 10.0 Å². The van der Waals surface area contributed by atoms with Gasteiger partial charge >= 0.3 is 6.18 Å². The van der Waals surface area contributed by atoms with E-state index >= 15 is 0 Å². The number of aromatic nitrogens is 1. The fraction of sp³-hybridized carbons (Fsp3) is 0.111. The summed E-state index contributed by atoms with van der Waals surface area (Å²) < 4.78 is 71.4. The molecule has 0 aliphatic heterocycles. The molecule has 0 spiro atoms. The maximum Gasteiger partial charge on any atom is 0.417 e. The number of sulfonamides is 1. The first-order chi connectivity index (χ1) is 13.6. The van der Waals surface area contributed by atoms with Gasteiger partial charge in [-0.15, -0.1) is 0 Å². The normalized spacial score (nSPS) is 11.9. The number of rotatable bonds is 5. The van der Waals surface area contributed by atoms with E-state index in [1.807, 2.05) is 0 Å². The van der Waals surface area contributed by atoms with E-state index in [9.17, 15) is 26.4 Å². The van der Waals surface area contributed by atoms with Crippen LogP contribution in [0.15, 0.2) is 64.1 Å². The minimum absolute atomic E-state index is 0.0261. The summed E-state index contributed by atoms with van der Waals surface area (Å²) in [6.07, 6.45) is -3.61. The summed E-state index contributed by atoms with van der Waals surface area (Å²) in [5.41, 5.74) is -0.892. The lowest BCUT2D eigenvalue weighted by atomic mass is 10.2. The lowest BCUT2D eigenvalue weighted by Gasteiger charge is -2.15. The van der Waals surface area contributed by atoms with Crippen LogP contribution >= 0.6 is 0 Å². The molecule has 0 unspecified atom stereocenters. The Morgan fingerprint density at radius 1 is 1.07 bits per heavy atom. The van der Waals surface area contributed by atoms with Crippen LogP contribution in [0.4, 0.5) is 24.5 Å². The fourth-order valence-electron chi connectivity index (χ4n) is 2.52. The Kier molecular flexibility index (Phi) is 5.33. The summed E-state index contributed by atoms with van der Waals surface area (Å²) >= 11 is 0. The van der Waals surface area contributed by atoms with Gasteiger partial charge in [0.05, 0.1) is 22.3 Å². The number of hydrogen-bond acceptors (Lipinski definition) is 5. The first-order valence-corrected chi connectivity index (χ1v) is 9.58. The molecule has 1 aromatic heterocycles. The summed E-state index contributed by atoms with van der Waals surface area (Å²) in [6.45, 7) is 1.55. The number of hydrogen-bond donors (Lipinski definition) is 2. The van der Waals surface area contributed by atoms with Crippen LogP contribution in [0.5, 0.6) is 0 Å². The summed E-state index contributed by atoms with van der Waals surface area (Å²) in [5.74, 6) is -0.241. The Morgan fingerprint density at radius 3 is 2.41 bits per heavy atom. The average molecular weight is 425 g/mol. The van der Waals surface area contributed by atoms with Crippen LogP contribution in [-0.4, -0.2) is 19.5 Å². The third-order valence-electron chi connectivity index (χ3n) is 3.85. The lowest BCUT2D eigenvalue weighted by Crippen LogP contribution is -2.19. The van der Waals surface area contributed by atoms with Gasteiger partial charge in [-0.25, -0.2) is 8.42 Å². The Balaban J connectivity index is 1.85. The van der Waals surface area contributed by atoms with Gasteiger partial charge in [-0.05, 0) is 37.3 Å². The molecule has 2 aromatic carbocycles. The van der Waals surface area contributed by atoms with Crippen molar-refractivity contribution in [3.63, 3.8) is 0 Å². The van der Waals surface area contributed by atoms with Crippen molar-refractivity contribution in [3.05, 3.63) is 71.6 Å². The fourth-order valence-corrected chi connectivity index (χ4v) is 3.80. The van der Waals surface area contributed by atoms with Crippen molar-refractivity contribution in [3.8, 4) is 0 Å². The number of anilines is 2. The third-order valence-corrected chi connectivity index (χ3v) is 5.29. The van der Waals surface area contributed by atoms with Crippen molar-refractivity contribution < 1.29 is 30.9 Å². The molecule has 0 radical (unpaired) electrons. The van der Waals surface area contributed by atoms with Gasteiger partial charge < -0.3 is 9.84 Å². The van der Waals surface area contributed by atoms with E-state index in [1.165, 1.54) is 36.5 Å². The molecule has 1 heterocycles. The number of benzene rings is 2. The highest BCUT2D eigenvalue weighted by atomic mass is 32.2. The van der Waals surface area contributed by atoms with Crippen LogP contribution in [-0.2, 0) is 16.2 Å². The van der Waals surface area contributed by atoms with Crippen LogP contribution in [0.25, 0.3) is 0 Å². The SMILES string of the molecule is Cc1oncc1C(=O)Nc1cccc(NS(=O)(=O)c2ccccc2C(F)(F)F)c1. The molecule has 0 bridgehead atoms. The molecule has 0 saturated heterocycles. The van der Waals surface area contributed by atoms with Gasteiger partial charge in [0, 0.05) is 5.69 Å². The number of aryl methyl sites for hydroxylation is 1. The van der Waals surface area contributed by atoms with Gasteiger partial charge in [-0.3, -0.25) is 9.52 Å². The van der Waals surface area contributed by atoms with E-state index in [0.29, 0.717) is 11.8 Å². The number of nitrogens with one attached hydrogen (secondary N) is 2. The zero-order valence-corrected chi connectivity index (χ0v) is 15.6. The quantitative estimate of drug-likeness (QED) is 0.642. The van der Waals surface area contributed by atoms with Gasteiger partial charge in [0.2, 0.25) is 0 Å². The summed E-state index contributed by atoms with van der Waals surface area (Å²) in [5, 5.41) is 6.03. The van der Waals surface area contributed by atoms with Gasteiger partial charge in [-0.1, -0.05) is 23.4 Å². The molecule has 7 nitrogen and oxygen atoms in total. The molecule has 0 aliphatic carbocycles. The Bertz CT molecular complexity index is 1160. The van der Waals surface area contributed by atoms with Gasteiger partial charge in [0.1, 0.15) is 11.3 Å². The second kappa shape index (κ2) is 7.59. The molecule has 0 aliphatic rings. The molecule has 1 amide bonds. The van der Waals surface area contributed by atoms with Gasteiger partial charge in [0.25, 0.3) is 15.9 Å². The van der Waals surface area contributed by atoms with Gasteiger partial charge in [-0.2, -0.15) is 13.2 Å². The van der Waals surface area contributed by atoms with Crippen molar-refractivity contribution in [2.24, 2.45) is 0 Å². The van der Waals surface area contributed by atoms with E-state index in [0.717, 1.165) is 12.1 Å². The molecule has 11 heteroatoms. The third kappa shape index (κ3) is 4.57. The minimum atomic E-state index is -4.84. The molecular weight excluding hydrogens is 411 g/mol. The zero-order valence-electron chi connectivity index (χ0n) is 14.8. The van der Waals surface area contributed by atoms with E-state index in [-0.39, 0.29) is 16.9 Å². The molecule has 0 atom stereocenters. The second-order valence-electron chi connectivity index (χ2n) is 5.93. The maximum atomic E-state index is 13.1. The van der Waals surface area contributed by atoms with Gasteiger partial charge in [0.15, 0.2) is 0 Å². The van der Waals surface area contributed by atoms with Crippen LogP contribution in [0.3, 0.4) is 0 Å². The topological polar surface area (TPSA) is 101 Å². The smallest absolute Gasteiger partial charge is 0.361 e. The molecule has 29 heavy (non-hydrogen) atoms. The average Bonchev–Trinajstić information content (AvgIpc) is 3.07. The predicted molar refractivity (Wildman–Crippen MR) is 97.9 cm³/mol.